The van der Waals surface area contributed by atoms with E-state index in [2.05, 4.69) is 9.71 Å². The molecule has 0 spiro atoms. The van der Waals surface area contributed by atoms with Crippen LogP contribution in [0.3, 0.4) is 0 Å². The van der Waals surface area contributed by atoms with E-state index in [0.29, 0.717) is 19.4 Å². The van der Waals surface area contributed by atoms with Gasteiger partial charge in [0.05, 0.1) is 4.90 Å². The molecule has 0 radical (unpaired) electrons. The van der Waals surface area contributed by atoms with Crippen molar-refractivity contribution < 1.29 is 13.5 Å². The molecule has 0 bridgehead atoms. The fourth-order valence-corrected chi connectivity index (χ4v) is 2.58. The first kappa shape index (κ1) is 14.4. The van der Waals surface area contributed by atoms with Gasteiger partial charge in [-0.25, -0.2) is 18.1 Å². The van der Waals surface area contributed by atoms with E-state index in [-0.39, 0.29) is 16.7 Å². The maximum absolute atomic E-state index is 11.8. The summed E-state index contributed by atoms with van der Waals surface area (Å²) in [6.07, 6.45) is 3.51. The normalized spacial score (nSPS) is 11.6. The molecule has 1 rings (SSSR count). The van der Waals surface area contributed by atoms with Crippen LogP contribution in [0.25, 0.3) is 0 Å². The van der Waals surface area contributed by atoms with E-state index < -0.39 is 10.0 Å². The van der Waals surface area contributed by atoms with Gasteiger partial charge in [0, 0.05) is 19.3 Å². The van der Waals surface area contributed by atoms with Crippen molar-refractivity contribution in [2.45, 2.75) is 24.2 Å². The largest absolute Gasteiger partial charge is 0.396 e. The molecule has 0 aromatic carbocycles. The number of nitrogens with one attached hydrogen (secondary N) is 1. The molecule has 1 heterocycles. The van der Waals surface area contributed by atoms with E-state index in [1.54, 1.807) is 0 Å². The molecule has 0 aliphatic rings. The minimum Gasteiger partial charge on any atom is -0.396 e. The van der Waals surface area contributed by atoms with Gasteiger partial charge in [0.25, 0.3) is 0 Å². The maximum atomic E-state index is 11.8. The highest BCUT2D eigenvalue weighted by Crippen LogP contribution is 2.12. The standard InChI is InChI=1S/C10H15ClN2O3S/c11-10-8-9(4-6-12-10)17(15,16)13-5-2-1-3-7-14/h4,6,8,13-14H,1-3,5,7H2. The van der Waals surface area contributed by atoms with Crippen LogP contribution in [0.2, 0.25) is 5.15 Å². The van der Waals surface area contributed by atoms with Crippen LogP contribution in [0.5, 0.6) is 0 Å². The Balaban J connectivity index is 2.51. The lowest BCUT2D eigenvalue weighted by Crippen LogP contribution is -2.24. The third-order valence-corrected chi connectivity index (χ3v) is 3.80. The highest BCUT2D eigenvalue weighted by Gasteiger charge is 2.13. The van der Waals surface area contributed by atoms with E-state index in [4.69, 9.17) is 16.7 Å². The van der Waals surface area contributed by atoms with E-state index in [9.17, 15) is 8.42 Å². The Morgan fingerprint density at radius 2 is 2.12 bits per heavy atom. The van der Waals surface area contributed by atoms with Gasteiger partial charge in [-0.15, -0.1) is 0 Å². The Kier molecular flexibility index (Phi) is 5.84. The van der Waals surface area contributed by atoms with Crippen molar-refractivity contribution in [3.63, 3.8) is 0 Å². The Bertz CT molecular complexity index is 451. The first-order valence-electron chi connectivity index (χ1n) is 5.28. The molecule has 0 fully saturated rings. The van der Waals surface area contributed by atoms with Crippen LogP contribution in [0.4, 0.5) is 0 Å². The second-order valence-corrected chi connectivity index (χ2v) is 5.65. The van der Waals surface area contributed by atoms with Crippen LogP contribution in [0.1, 0.15) is 19.3 Å². The lowest BCUT2D eigenvalue weighted by atomic mass is 10.2. The summed E-state index contributed by atoms with van der Waals surface area (Å²) in [4.78, 5) is 3.83. The highest BCUT2D eigenvalue weighted by atomic mass is 35.5. The Hall–Kier alpha value is -0.690. The van der Waals surface area contributed by atoms with Gasteiger partial charge in [0.15, 0.2) is 0 Å². The second-order valence-electron chi connectivity index (χ2n) is 3.50. The summed E-state index contributed by atoms with van der Waals surface area (Å²) < 4.78 is 26.0. The zero-order valence-corrected chi connectivity index (χ0v) is 10.8. The van der Waals surface area contributed by atoms with Crippen LogP contribution in [-0.2, 0) is 10.0 Å². The summed E-state index contributed by atoms with van der Waals surface area (Å²) in [6, 6.07) is 2.69. The van der Waals surface area contributed by atoms with Crippen LogP contribution in [-0.4, -0.2) is 31.7 Å². The summed E-state index contributed by atoms with van der Waals surface area (Å²) in [6.45, 7) is 0.481. The summed E-state index contributed by atoms with van der Waals surface area (Å²) >= 11 is 5.62. The summed E-state index contributed by atoms with van der Waals surface area (Å²) in [5, 5.41) is 8.72. The predicted molar refractivity (Wildman–Crippen MR) is 65.4 cm³/mol. The Labute approximate surface area is 106 Å². The third-order valence-electron chi connectivity index (χ3n) is 2.14. The number of aromatic nitrogens is 1. The average molecular weight is 279 g/mol. The second kappa shape index (κ2) is 6.90. The molecule has 17 heavy (non-hydrogen) atoms. The molecule has 0 aliphatic carbocycles. The van der Waals surface area contributed by atoms with Gasteiger partial charge in [-0.05, 0) is 31.4 Å². The summed E-state index contributed by atoms with van der Waals surface area (Å²) in [5.41, 5.74) is 0. The number of rotatable bonds is 7. The average Bonchev–Trinajstić information content (AvgIpc) is 2.29. The van der Waals surface area contributed by atoms with Gasteiger partial charge in [-0.3, -0.25) is 0 Å². The third kappa shape index (κ3) is 4.99. The SMILES string of the molecule is O=S(=O)(NCCCCCO)c1ccnc(Cl)c1. The molecular formula is C10H15ClN2O3S. The molecule has 2 N–H and O–H groups in total. The van der Waals surface area contributed by atoms with Crippen LogP contribution < -0.4 is 4.72 Å². The van der Waals surface area contributed by atoms with E-state index in [1.165, 1.54) is 18.3 Å². The van der Waals surface area contributed by atoms with Gasteiger partial charge in [-0.1, -0.05) is 11.6 Å². The zero-order chi connectivity index (χ0) is 12.7. The summed E-state index contributed by atoms with van der Waals surface area (Å²) in [5.74, 6) is 0. The topological polar surface area (TPSA) is 79.3 Å². The van der Waals surface area contributed by atoms with Gasteiger partial charge in [0.1, 0.15) is 5.15 Å². The quantitative estimate of drug-likeness (QED) is 0.580. The monoisotopic (exact) mass is 278 g/mol. The number of hydrogen-bond donors (Lipinski definition) is 2. The first-order valence-corrected chi connectivity index (χ1v) is 7.14. The van der Waals surface area contributed by atoms with Gasteiger partial charge in [0.2, 0.25) is 10.0 Å². The minimum atomic E-state index is -3.51. The van der Waals surface area contributed by atoms with Crippen molar-refractivity contribution >= 4 is 21.6 Å². The van der Waals surface area contributed by atoms with E-state index in [0.717, 1.165) is 6.42 Å². The molecular weight excluding hydrogens is 264 g/mol. The molecule has 0 saturated heterocycles. The Morgan fingerprint density at radius 3 is 2.76 bits per heavy atom. The van der Waals surface area contributed by atoms with Gasteiger partial charge >= 0.3 is 0 Å². The number of aliphatic hydroxyl groups is 1. The number of nitrogens with zero attached hydrogens (tertiary/aromatic N) is 1. The van der Waals surface area contributed by atoms with Gasteiger partial charge < -0.3 is 5.11 Å². The molecule has 1 aromatic rings. The maximum Gasteiger partial charge on any atom is 0.240 e. The number of hydrogen-bond acceptors (Lipinski definition) is 4. The molecule has 1 aromatic heterocycles. The number of sulfonamides is 1. The minimum absolute atomic E-state index is 0.111. The first-order chi connectivity index (χ1) is 8.06. The molecule has 96 valence electrons. The fraction of sp³-hybridized carbons (Fsp3) is 0.500. The van der Waals surface area contributed by atoms with Crippen molar-refractivity contribution in [2.24, 2.45) is 0 Å². The predicted octanol–water partition coefficient (Wildman–Crippen LogP) is 1.18. The summed E-state index contributed by atoms with van der Waals surface area (Å²) in [7, 11) is -3.51. The van der Waals surface area contributed by atoms with Crippen LogP contribution >= 0.6 is 11.6 Å². The van der Waals surface area contributed by atoms with Crippen LogP contribution in [0, 0.1) is 0 Å². The van der Waals surface area contributed by atoms with E-state index in [1.807, 2.05) is 0 Å². The lowest BCUT2D eigenvalue weighted by molar-refractivity contribution is 0.283. The van der Waals surface area contributed by atoms with Crippen molar-refractivity contribution in [3.8, 4) is 0 Å². The van der Waals surface area contributed by atoms with Crippen molar-refractivity contribution in [1.82, 2.24) is 9.71 Å². The number of pyridine rings is 1. The molecule has 5 nitrogen and oxygen atoms in total. The number of unbranched alkanes of at least 4 members (excludes halogenated alkanes) is 2. The molecule has 0 amide bonds. The zero-order valence-electron chi connectivity index (χ0n) is 9.26. The van der Waals surface area contributed by atoms with E-state index >= 15 is 0 Å². The number of halogens is 1. The highest BCUT2D eigenvalue weighted by molar-refractivity contribution is 7.89. The van der Waals surface area contributed by atoms with Crippen molar-refractivity contribution in [3.05, 3.63) is 23.5 Å². The lowest BCUT2D eigenvalue weighted by Gasteiger charge is -2.06. The molecule has 0 saturated carbocycles. The molecule has 0 unspecified atom stereocenters. The van der Waals surface area contributed by atoms with Crippen molar-refractivity contribution in [2.75, 3.05) is 13.2 Å². The number of aliphatic hydroxyl groups excluding tert-OH is 1. The molecule has 7 heteroatoms. The molecule has 0 atom stereocenters. The Morgan fingerprint density at radius 1 is 1.35 bits per heavy atom. The molecule has 0 aliphatic heterocycles. The van der Waals surface area contributed by atoms with Gasteiger partial charge in [-0.2, -0.15) is 0 Å². The smallest absolute Gasteiger partial charge is 0.240 e. The fourth-order valence-electron chi connectivity index (χ4n) is 1.26. The van der Waals surface area contributed by atoms with Crippen LogP contribution in [0.15, 0.2) is 23.2 Å². The van der Waals surface area contributed by atoms with Crippen molar-refractivity contribution in [1.29, 1.82) is 0 Å².